The molecule has 1 aromatic carbocycles. The van der Waals surface area contributed by atoms with E-state index >= 15 is 0 Å². The number of nitrogens with one attached hydrogen (secondary N) is 1. The van der Waals surface area contributed by atoms with Gasteiger partial charge in [-0.2, -0.15) is 0 Å². The summed E-state index contributed by atoms with van der Waals surface area (Å²) >= 11 is 6.15. The van der Waals surface area contributed by atoms with Crippen LogP contribution in [0.3, 0.4) is 0 Å². The van der Waals surface area contributed by atoms with Gasteiger partial charge in [-0.05, 0) is 49.8 Å². The minimum absolute atomic E-state index is 0.700. The van der Waals surface area contributed by atoms with E-state index in [9.17, 15) is 0 Å². The predicted octanol–water partition coefficient (Wildman–Crippen LogP) is 3.66. The number of rotatable bonds is 6. The lowest BCUT2D eigenvalue weighted by atomic mass is 9.98. The molecule has 1 fully saturated rings. The van der Waals surface area contributed by atoms with E-state index in [1.54, 1.807) is 0 Å². The molecule has 1 N–H and O–H groups in total. The summed E-state index contributed by atoms with van der Waals surface area (Å²) in [6.45, 7) is 3.45. The Bertz CT molecular complexity index is 333. The normalized spacial score (nSPS) is 17.4. The first-order valence-electron chi connectivity index (χ1n) is 6.22. The van der Waals surface area contributed by atoms with Gasteiger partial charge in [-0.25, -0.2) is 0 Å². The number of hydrogen-bond donors (Lipinski definition) is 1. The van der Waals surface area contributed by atoms with Crippen LogP contribution in [0.15, 0.2) is 24.3 Å². The molecule has 0 radical (unpaired) electrons. The standard InChI is InChI=1S/C14H20ClN/c1-11(8-9-16-13-6-7-13)10-12-4-2-3-5-14(12)15/h2-5,11,13,16H,6-10H2,1H3. The Balaban J connectivity index is 1.73. The second-order valence-corrected chi connectivity index (χ2v) is 5.32. The molecule has 1 unspecified atom stereocenters. The van der Waals surface area contributed by atoms with E-state index in [0.717, 1.165) is 24.0 Å². The smallest absolute Gasteiger partial charge is 0.0438 e. The van der Waals surface area contributed by atoms with Crippen LogP contribution in [0.1, 0.15) is 31.7 Å². The van der Waals surface area contributed by atoms with E-state index in [1.165, 1.54) is 24.8 Å². The third-order valence-electron chi connectivity index (χ3n) is 3.17. The molecule has 0 heterocycles. The molecule has 0 aromatic heterocycles. The highest BCUT2D eigenvalue weighted by Crippen LogP contribution is 2.21. The SMILES string of the molecule is CC(CCNC1CC1)Cc1ccccc1Cl. The van der Waals surface area contributed by atoms with Gasteiger partial charge in [-0.3, -0.25) is 0 Å². The van der Waals surface area contributed by atoms with Crippen LogP contribution >= 0.6 is 11.6 Å². The van der Waals surface area contributed by atoms with E-state index in [-0.39, 0.29) is 0 Å². The minimum atomic E-state index is 0.700. The summed E-state index contributed by atoms with van der Waals surface area (Å²) in [5.41, 5.74) is 1.28. The van der Waals surface area contributed by atoms with E-state index in [2.05, 4.69) is 24.4 Å². The Kier molecular flexibility index (Phi) is 4.25. The van der Waals surface area contributed by atoms with Gasteiger partial charge in [0, 0.05) is 11.1 Å². The maximum atomic E-state index is 6.15. The summed E-state index contributed by atoms with van der Waals surface area (Å²) in [6.07, 6.45) is 5.07. The quantitative estimate of drug-likeness (QED) is 0.796. The molecule has 0 amide bonds. The third kappa shape index (κ3) is 3.80. The van der Waals surface area contributed by atoms with Crippen molar-refractivity contribution in [2.45, 2.75) is 38.6 Å². The average molecular weight is 238 g/mol. The topological polar surface area (TPSA) is 12.0 Å². The second kappa shape index (κ2) is 5.70. The molecule has 0 aliphatic heterocycles. The summed E-state index contributed by atoms with van der Waals surface area (Å²) < 4.78 is 0. The van der Waals surface area contributed by atoms with Crippen molar-refractivity contribution in [2.24, 2.45) is 5.92 Å². The summed E-state index contributed by atoms with van der Waals surface area (Å²) in [7, 11) is 0. The highest BCUT2D eigenvalue weighted by molar-refractivity contribution is 6.31. The Morgan fingerprint density at radius 2 is 2.12 bits per heavy atom. The zero-order valence-corrected chi connectivity index (χ0v) is 10.6. The molecule has 1 aliphatic rings. The summed E-state index contributed by atoms with van der Waals surface area (Å²) in [4.78, 5) is 0. The third-order valence-corrected chi connectivity index (χ3v) is 3.54. The molecule has 1 aliphatic carbocycles. The lowest BCUT2D eigenvalue weighted by Crippen LogP contribution is -2.20. The van der Waals surface area contributed by atoms with Crippen molar-refractivity contribution in [1.82, 2.24) is 5.32 Å². The van der Waals surface area contributed by atoms with Crippen molar-refractivity contribution < 1.29 is 0 Å². The van der Waals surface area contributed by atoms with Crippen molar-refractivity contribution in [3.63, 3.8) is 0 Å². The zero-order valence-electron chi connectivity index (χ0n) is 9.88. The molecule has 0 bridgehead atoms. The van der Waals surface area contributed by atoms with E-state index in [4.69, 9.17) is 11.6 Å². The van der Waals surface area contributed by atoms with Gasteiger partial charge < -0.3 is 5.32 Å². The van der Waals surface area contributed by atoms with Crippen LogP contribution in [0.5, 0.6) is 0 Å². The Morgan fingerprint density at radius 1 is 1.38 bits per heavy atom. The predicted molar refractivity (Wildman–Crippen MR) is 70.0 cm³/mol. The van der Waals surface area contributed by atoms with Crippen molar-refractivity contribution >= 4 is 11.6 Å². The van der Waals surface area contributed by atoms with E-state index < -0.39 is 0 Å². The van der Waals surface area contributed by atoms with Crippen LogP contribution in [0.25, 0.3) is 0 Å². The van der Waals surface area contributed by atoms with Gasteiger partial charge in [-0.15, -0.1) is 0 Å². The number of benzene rings is 1. The number of halogens is 1. The molecule has 1 atom stereocenters. The average Bonchev–Trinajstić information content (AvgIpc) is 3.05. The molecule has 0 saturated heterocycles. The van der Waals surface area contributed by atoms with E-state index in [1.807, 2.05) is 12.1 Å². The van der Waals surface area contributed by atoms with Gasteiger partial charge in [0.05, 0.1) is 0 Å². The molecule has 1 aromatic rings. The minimum Gasteiger partial charge on any atom is -0.314 e. The highest BCUT2D eigenvalue weighted by Gasteiger charge is 2.19. The van der Waals surface area contributed by atoms with Gasteiger partial charge in [0.1, 0.15) is 0 Å². The van der Waals surface area contributed by atoms with Crippen LogP contribution in [0.2, 0.25) is 5.02 Å². The van der Waals surface area contributed by atoms with Gasteiger partial charge in [0.15, 0.2) is 0 Å². The zero-order chi connectivity index (χ0) is 11.4. The lowest BCUT2D eigenvalue weighted by Gasteiger charge is -2.12. The van der Waals surface area contributed by atoms with Gasteiger partial charge in [0.2, 0.25) is 0 Å². The maximum absolute atomic E-state index is 6.15. The molecule has 0 spiro atoms. The summed E-state index contributed by atoms with van der Waals surface area (Å²) in [5.74, 6) is 0.700. The monoisotopic (exact) mass is 237 g/mol. The molecule has 1 nitrogen and oxygen atoms in total. The molecule has 1 saturated carbocycles. The van der Waals surface area contributed by atoms with Crippen molar-refractivity contribution in [3.8, 4) is 0 Å². The molecule has 16 heavy (non-hydrogen) atoms. The highest BCUT2D eigenvalue weighted by atomic mass is 35.5. The lowest BCUT2D eigenvalue weighted by molar-refractivity contribution is 0.497. The first-order valence-corrected chi connectivity index (χ1v) is 6.60. The Labute approximate surface area is 103 Å². The van der Waals surface area contributed by atoms with Crippen LogP contribution in [-0.2, 0) is 6.42 Å². The fourth-order valence-electron chi connectivity index (χ4n) is 1.96. The molecular weight excluding hydrogens is 218 g/mol. The fraction of sp³-hybridized carbons (Fsp3) is 0.571. The summed E-state index contributed by atoms with van der Waals surface area (Å²) in [5, 5.41) is 4.46. The Hall–Kier alpha value is -0.530. The van der Waals surface area contributed by atoms with Crippen LogP contribution in [0.4, 0.5) is 0 Å². The largest absolute Gasteiger partial charge is 0.314 e. The van der Waals surface area contributed by atoms with E-state index in [0.29, 0.717) is 5.92 Å². The van der Waals surface area contributed by atoms with Crippen molar-refractivity contribution in [2.75, 3.05) is 6.54 Å². The maximum Gasteiger partial charge on any atom is 0.0438 e. The molecular formula is C14H20ClN. The Morgan fingerprint density at radius 3 is 2.81 bits per heavy atom. The molecule has 88 valence electrons. The van der Waals surface area contributed by atoms with Crippen LogP contribution in [0, 0.1) is 5.92 Å². The molecule has 2 rings (SSSR count). The van der Waals surface area contributed by atoms with Gasteiger partial charge >= 0.3 is 0 Å². The summed E-state index contributed by atoms with van der Waals surface area (Å²) in [6, 6.07) is 8.99. The number of hydrogen-bond acceptors (Lipinski definition) is 1. The first kappa shape index (κ1) is 11.9. The van der Waals surface area contributed by atoms with Crippen LogP contribution < -0.4 is 5.32 Å². The van der Waals surface area contributed by atoms with Crippen molar-refractivity contribution in [3.05, 3.63) is 34.9 Å². The van der Waals surface area contributed by atoms with Gasteiger partial charge in [0.25, 0.3) is 0 Å². The van der Waals surface area contributed by atoms with Crippen LogP contribution in [-0.4, -0.2) is 12.6 Å². The fourth-order valence-corrected chi connectivity index (χ4v) is 2.18. The first-order chi connectivity index (χ1) is 7.75. The molecule has 2 heteroatoms. The van der Waals surface area contributed by atoms with Gasteiger partial charge in [-0.1, -0.05) is 36.7 Å². The second-order valence-electron chi connectivity index (χ2n) is 4.92. The van der Waals surface area contributed by atoms with Crippen molar-refractivity contribution in [1.29, 1.82) is 0 Å².